The van der Waals surface area contributed by atoms with Gasteiger partial charge >= 0.3 is 0 Å². The van der Waals surface area contributed by atoms with Crippen molar-refractivity contribution in [1.29, 1.82) is 5.26 Å². The van der Waals surface area contributed by atoms with Crippen molar-refractivity contribution in [1.82, 2.24) is 5.32 Å². The highest BCUT2D eigenvalue weighted by Gasteiger charge is 2.11. The lowest BCUT2D eigenvalue weighted by atomic mass is 9.97. The van der Waals surface area contributed by atoms with E-state index in [0.717, 1.165) is 25.1 Å². The molecule has 1 unspecified atom stereocenters. The van der Waals surface area contributed by atoms with Crippen LogP contribution in [0.1, 0.15) is 19.4 Å². The first kappa shape index (κ1) is 13.6. The lowest BCUT2D eigenvalue weighted by Crippen LogP contribution is -2.26. The average Bonchev–Trinajstić information content (AvgIpc) is 2.82. The highest BCUT2D eigenvalue weighted by atomic mass is 16.3. The summed E-state index contributed by atoms with van der Waals surface area (Å²) in [6.45, 7) is 5.79. The smallest absolute Gasteiger partial charge is 0.134 e. The predicted octanol–water partition coefficient (Wildman–Crippen LogP) is 3.36. The Labute approximate surface area is 114 Å². The molecule has 0 spiro atoms. The average molecular weight is 256 g/mol. The summed E-state index contributed by atoms with van der Waals surface area (Å²) >= 11 is 0. The van der Waals surface area contributed by atoms with Crippen molar-refractivity contribution in [2.24, 2.45) is 11.8 Å². The Kier molecular flexibility index (Phi) is 4.59. The van der Waals surface area contributed by atoms with Gasteiger partial charge < -0.3 is 9.73 Å². The van der Waals surface area contributed by atoms with Crippen molar-refractivity contribution in [2.45, 2.75) is 20.3 Å². The van der Waals surface area contributed by atoms with Gasteiger partial charge in [-0.05, 0) is 30.5 Å². The van der Waals surface area contributed by atoms with E-state index in [9.17, 15) is 0 Å². The highest BCUT2D eigenvalue weighted by molar-refractivity contribution is 5.80. The van der Waals surface area contributed by atoms with Gasteiger partial charge in [-0.1, -0.05) is 32.0 Å². The molecule has 0 aliphatic heterocycles. The molecule has 2 aromatic rings. The van der Waals surface area contributed by atoms with Gasteiger partial charge in [0, 0.05) is 11.9 Å². The van der Waals surface area contributed by atoms with E-state index in [-0.39, 0.29) is 5.92 Å². The molecule has 0 amide bonds. The van der Waals surface area contributed by atoms with Crippen molar-refractivity contribution in [3.63, 3.8) is 0 Å². The third kappa shape index (κ3) is 3.36. The molecule has 0 aliphatic carbocycles. The Hall–Kier alpha value is -1.79. The van der Waals surface area contributed by atoms with E-state index in [2.05, 4.69) is 31.3 Å². The molecule has 2 rings (SSSR count). The molecule has 3 heteroatoms. The van der Waals surface area contributed by atoms with Crippen molar-refractivity contribution in [3.8, 4) is 6.07 Å². The largest absolute Gasteiger partial charge is 0.464 e. The topological polar surface area (TPSA) is 49.0 Å². The molecule has 19 heavy (non-hydrogen) atoms. The zero-order chi connectivity index (χ0) is 13.7. The van der Waals surface area contributed by atoms with Crippen molar-refractivity contribution in [3.05, 3.63) is 36.1 Å². The second-order valence-electron chi connectivity index (χ2n) is 5.19. The van der Waals surface area contributed by atoms with Crippen molar-refractivity contribution in [2.75, 3.05) is 13.1 Å². The molecule has 3 nitrogen and oxygen atoms in total. The van der Waals surface area contributed by atoms with E-state index in [1.165, 1.54) is 10.9 Å². The van der Waals surface area contributed by atoms with Gasteiger partial charge in [-0.25, -0.2) is 0 Å². The molecule has 0 bridgehead atoms. The molecule has 1 heterocycles. The van der Waals surface area contributed by atoms with Crippen LogP contribution < -0.4 is 5.32 Å². The predicted molar refractivity (Wildman–Crippen MR) is 76.7 cm³/mol. The molecule has 1 aromatic heterocycles. The molecule has 1 atom stereocenters. The Morgan fingerprint density at radius 2 is 2.11 bits per heavy atom. The van der Waals surface area contributed by atoms with Crippen LogP contribution in [0.25, 0.3) is 11.0 Å². The van der Waals surface area contributed by atoms with Crippen LogP contribution in [0.4, 0.5) is 0 Å². The third-order valence-electron chi connectivity index (χ3n) is 3.47. The summed E-state index contributed by atoms with van der Waals surface area (Å²) in [5, 5.41) is 13.6. The zero-order valence-electron chi connectivity index (χ0n) is 11.5. The number of nitrogens with zero attached hydrogens (tertiary/aromatic N) is 1. The van der Waals surface area contributed by atoms with E-state index in [0.29, 0.717) is 5.92 Å². The summed E-state index contributed by atoms with van der Waals surface area (Å²) in [7, 11) is 0. The van der Waals surface area contributed by atoms with Gasteiger partial charge in [-0.2, -0.15) is 5.26 Å². The number of nitriles is 1. The summed E-state index contributed by atoms with van der Waals surface area (Å²) in [4.78, 5) is 0. The van der Waals surface area contributed by atoms with Crippen molar-refractivity contribution >= 4 is 11.0 Å². The number of benzene rings is 1. The van der Waals surface area contributed by atoms with Crippen LogP contribution in [0.5, 0.6) is 0 Å². The van der Waals surface area contributed by atoms with Gasteiger partial charge in [0.2, 0.25) is 0 Å². The van der Waals surface area contributed by atoms with Crippen LogP contribution in [0.15, 0.2) is 34.9 Å². The first-order chi connectivity index (χ1) is 9.22. The summed E-state index contributed by atoms with van der Waals surface area (Å²) < 4.78 is 5.51. The van der Waals surface area contributed by atoms with E-state index >= 15 is 0 Å². The van der Waals surface area contributed by atoms with E-state index in [4.69, 9.17) is 9.68 Å². The number of fused-ring (bicyclic) bond motifs is 1. The molecular formula is C16H20N2O. The number of furan rings is 1. The van der Waals surface area contributed by atoms with Gasteiger partial charge in [-0.15, -0.1) is 0 Å². The lowest BCUT2D eigenvalue weighted by Gasteiger charge is -2.13. The molecule has 0 saturated carbocycles. The molecule has 1 aromatic carbocycles. The normalized spacial score (nSPS) is 12.7. The van der Waals surface area contributed by atoms with Crippen LogP contribution in [-0.2, 0) is 6.42 Å². The maximum atomic E-state index is 9.02. The van der Waals surface area contributed by atoms with E-state index in [1.807, 2.05) is 24.5 Å². The third-order valence-corrected chi connectivity index (χ3v) is 3.47. The number of para-hydroxylation sites is 1. The number of hydrogen-bond donors (Lipinski definition) is 1. The van der Waals surface area contributed by atoms with Gasteiger partial charge in [0.1, 0.15) is 5.58 Å². The molecule has 0 saturated heterocycles. The van der Waals surface area contributed by atoms with E-state index in [1.54, 1.807) is 0 Å². The fourth-order valence-electron chi connectivity index (χ4n) is 2.14. The molecule has 0 aliphatic rings. The first-order valence-electron chi connectivity index (χ1n) is 6.78. The van der Waals surface area contributed by atoms with Gasteiger partial charge in [-0.3, -0.25) is 0 Å². The second-order valence-corrected chi connectivity index (χ2v) is 5.19. The van der Waals surface area contributed by atoms with E-state index < -0.39 is 0 Å². The van der Waals surface area contributed by atoms with Crippen LogP contribution in [-0.4, -0.2) is 13.1 Å². The highest BCUT2D eigenvalue weighted by Crippen LogP contribution is 2.20. The minimum absolute atomic E-state index is 0.0843. The number of nitrogens with one attached hydrogen (secondary N) is 1. The SMILES string of the molecule is CC(C)C(C#N)CNCCc1coc2ccccc12. The molecule has 0 radical (unpaired) electrons. The van der Waals surface area contributed by atoms with Crippen LogP contribution in [0, 0.1) is 23.2 Å². The Balaban J connectivity index is 1.85. The van der Waals surface area contributed by atoms with Crippen LogP contribution in [0.3, 0.4) is 0 Å². The lowest BCUT2D eigenvalue weighted by molar-refractivity contribution is 0.443. The van der Waals surface area contributed by atoms with Crippen molar-refractivity contribution < 1.29 is 4.42 Å². The van der Waals surface area contributed by atoms with Gasteiger partial charge in [0.05, 0.1) is 18.3 Å². The summed E-state index contributed by atoms with van der Waals surface area (Å²) in [5.74, 6) is 0.480. The monoisotopic (exact) mass is 256 g/mol. The standard InChI is InChI=1S/C16H20N2O/c1-12(2)14(9-17)10-18-8-7-13-11-19-16-6-4-3-5-15(13)16/h3-6,11-12,14,18H,7-8,10H2,1-2H3. The van der Waals surface area contributed by atoms with Crippen LogP contribution in [0.2, 0.25) is 0 Å². The summed E-state index contributed by atoms with van der Waals surface area (Å²) in [6.07, 6.45) is 2.75. The van der Waals surface area contributed by atoms with Crippen LogP contribution >= 0.6 is 0 Å². The fourth-order valence-corrected chi connectivity index (χ4v) is 2.14. The second kappa shape index (κ2) is 6.40. The molecule has 100 valence electrons. The summed E-state index contributed by atoms with van der Waals surface area (Å²) in [5.41, 5.74) is 2.16. The first-order valence-corrected chi connectivity index (χ1v) is 6.78. The maximum absolute atomic E-state index is 9.02. The quantitative estimate of drug-likeness (QED) is 0.806. The summed E-state index contributed by atoms with van der Waals surface area (Å²) in [6, 6.07) is 10.4. The maximum Gasteiger partial charge on any atom is 0.134 e. The molecule has 0 fully saturated rings. The number of rotatable bonds is 6. The Morgan fingerprint density at radius 1 is 1.32 bits per heavy atom. The van der Waals surface area contributed by atoms with Gasteiger partial charge in [0.15, 0.2) is 0 Å². The Bertz CT molecular complexity index is 565. The number of hydrogen-bond acceptors (Lipinski definition) is 3. The molecular weight excluding hydrogens is 236 g/mol. The molecule has 1 N–H and O–H groups in total. The zero-order valence-corrected chi connectivity index (χ0v) is 11.5. The Morgan fingerprint density at radius 3 is 2.84 bits per heavy atom. The van der Waals surface area contributed by atoms with Gasteiger partial charge in [0.25, 0.3) is 0 Å². The minimum Gasteiger partial charge on any atom is -0.464 e. The fraction of sp³-hybridized carbons (Fsp3) is 0.438. The minimum atomic E-state index is 0.0843.